The van der Waals surface area contributed by atoms with E-state index in [-0.39, 0.29) is 69.1 Å². The van der Waals surface area contributed by atoms with Gasteiger partial charge in [0, 0.05) is 13.2 Å². The molecule has 264 valence electrons. The van der Waals surface area contributed by atoms with E-state index >= 15 is 0 Å². The maximum Gasteiger partial charge on any atom is 1.00 e. The Morgan fingerprint density at radius 3 is 1.15 bits per heavy atom. The zero-order valence-electron chi connectivity index (χ0n) is 30.5. The maximum atomic E-state index is 11.1. The van der Waals surface area contributed by atoms with Crippen molar-refractivity contribution < 1.29 is 50.3 Å². The quantitative estimate of drug-likeness (QED) is 0.191. The monoisotopic (exact) mass is 659 g/mol. The molecule has 0 aromatic heterocycles. The Labute approximate surface area is 305 Å². The summed E-state index contributed by atoms with van der Waals surface area (Å²) in [5.41, 5.74) is -0.257. The largest absolute Gasteiger partial charge is 1.00 e. The number of aliphatic hydroxyl groups excluding tert-OH is 2. The fourth-order valence-corrected chi connectivity index (χ4v) is 10.3. The van der Waals surface area contributed by atoms with E-state index in [0.717, 1.165) is 68.1 Å². The first-order valence-electron chi connectivity index (χ1n) is 18.8. The van der Waals surface area contributed by atoms with Gasteiger partial charge in [-0.1, -0.05) is 65.2 Å². The van der Waals surface area contributed by atoms with Crippen molar-refractivity contribution in [1.29, 1.82) is 0 Å². The van der Waals surface area contributed by atoms with Gasteiger partial charge in [-0.3, -0.25) is 9.59 Å². The van der Waals surface area contributed by atoms with Gasteiger partial charge < -0.3 is 21.9 Å². The average Bonchev–Trinajstić information content (AvgIpc) is 2.99. The van der Waals surface area contributed by atoms with Crippen molar-refractivity contribution in [2.24, 2.45) is 46.3 Å². The molecule has 0 bridgehead atoms. The second-order valence-corrected chi connectivity index (χ2v) is 15.9. The van der Waals surface area contributed by atoms with Crippen LogP contribution in [0.15, 0.2) is 0 Å². The first-order chi connectivity index (χ1) is 21.2. The van der Waals surface area contributed by atoms with E-state index in [9.17, 15) is 19.8 Å². The predicted octanol–water partition coefficient (Wildman–Crippen LogP) is 5.19. The van der Waals surface area contributed by atoms with Crippen LogP contribution in [-0.2, 0) is 9.59 Å². The number of carbonyl (C=O) groups is 2. The van der Waals surface area contributed by atoms with Crippen molar-refractivity contribution in [1.82, 2.24) is 0 Å². The van der Waals surface area contributed by atoms with Crippen LogP contribution in [0.4, 0.5) is 0 Å². The Bertz CT molecular complexity index is 804. The Balaban J connectivity index is 0.000000849. The summed E-state index contributed by atoms with van der Waals surface area (Å²) in [4.78, 5) is 22.3. The Kier molecular flexibility index (Phi) is 21.7. The summed E-state index contributed by atoms with van der Waals surface area (Å²) >= 11 is 0. The van der Waals surface area contributed by atoms with Gasteiger partial charge in [0.2, 0.25) is 0 Å². The summed E-state index contributed by atoms with van der Waals surface area (Å²) in [7, 11) is 0. The number of rotatable bonds is 14. The minimum absolute atomic E-state index is 0. The standard InChI is InChI=1S/C19H32O4.C19H36O2.Al.Li.4H/c1-2-3-14-4-6-15(7-5-14)16-8-10-19(11-9-16,12-17(20)21)13-18(22)23;1-2-3-16-4-6-17(7-5-16)18-8-10-19(11-9-18,12-14-20)13-15-21;;;;;;/h14-16H,2-13H2,1H3,(H,20,21)(H,22,23);16-18,20-21H,2-15H2,1H3;;;;;;/q;;;+1;;;;-1. The van der Waals surface area contributed by atoms with E-state index in [2.05, 4.69) is 13.8 Å². The number of aliphatic hydroxyl groups is 2. The molecule has 4 fully saturated rings. The Morgan fingerprint density at radius 2 is 0.870 bits per heavy atom. The fourth-order valence-electron chi connectivity index (χ4n) is 10.3. The van der Waals surface area contributed by atoms with Crippen molar-refractivity contribution in [2.75, 3.05) is 13.2 Å². The van der Waals surface area contributed by atoms with Crippen molar-refractivity contribution in [2.45, 2.75) is 168 Å². The van der Waals surface area contributed by atoms with Gasteiger partial charge in [-0.25, -0.2) is 0 Å². The molecule has 46 heavy (non-hydrogen) atoms. The van der Waals surface area contributed by atoms with Gasteiger partial charge in [-0.2, -0.15) is 0 Å². The minimum Gasteiger partial charge on any atom is -1.00 e. The molecule has 4 saturated carbocycles. The second kappa shape index (κ2) is 22.7. The summed E-state index contributed by atoms with van der Waals surface area (Å²) in [5.74, 6) is 3.59. The van der Waals surface area contributed by atoms with E-state index in [1.807, 2.05) is 0 Å². The van der Waals surface area contributed by atoms with Crippen LogP contribution in [0.3, 0.4) is 0 Å². The molecule has 0 atom stereocenters. The molecule has 0 saturated heterocycles. The van der Waals surface area contributed by atoms with E-state index < -0.39 is 17.4 Å². The van der Waals surface area contributed by atoms with Crippen LogP contribution < -0.4 is 18.9 Å². The number of hydrogen-bond donors (Lipinski definition) is 4. The second-order valence-electron chi connectivity index (χ2n) is 15.9. The molecule has 0 unspecified atom stereocenters. The van der Waals surface area contributed by atoms with Crippen molar-refractivity contribution >= 4 is 29.3 Å². The third-order valence-corrected chi connectivity index (χ3v) is 13.0. The normalized spacial score (nSPS) is 28.1. The molecule has 0 amide bonds. The van der Waals surface area contributed by atoms with Crippen molar-refractivity contribution in [3.8, 4) is 0 Å². The number of carboxylic acids is 2. The van der Waals surface area contributed by atoms with Crippen molar-refractivity contribution in [3.63, 3.8) is 0 Å². The minimum atomic E-state index is -0.857. The van der Waals surface area contributed by atoms with Crippen LogP contribution in [0.2, 0.25) is 0 Å². The summed E-state index contributed by atoms with van der Waals surface area (Å²) in [6.07, 6.45) is 27.1. The molecule has 0 radical (unpaired) electrons. The SMILES string of the molecule is CCCC1CCC(C2CCC(CC(=O)O)(CC(=O)O)CC2)CC1.CCCC1CCC(C2CCC(CCO)(CCO)CC2)CC1.[AlH3].[H-].[Li+]. The van der Waals surface area contributed by atoms with E-state index in [1.54, 1.807) is 0 Å². The molecule has 0 aromatic rings. The molecule has 8 heteroatoms. The molecule has 4 aliphatic rings. The van der Waals surface area contributed by atoms with Crippen LogP contribution >= 0.6 is 0 Å². The van der Waals surface area contributed by atoms with Crippen LogP contribution in [-0.4, -0.2) is 62.9 Å². The first-order valence-corrected chi connectivity index (χ1v) is 18.8. The Morgan fingerprint density at radius 1 is 0.565 bits per heavy atom. The van der Waals surface area contributed by atoms with Gasteiger partial charge in [-0.15, -0.1) is 0 Å². The number of carboxylic acid groups (broad SMARTS) is 2. The van der Waals surface area contributed by atoms with Gasteiger partial charge >= 0.3 is 30.8 Å². The molecule has 4 N–H and O–H groups in total. The van der Waals surface area contributed by atoms with Gasteiger partial charge in [0.05, 0.1) is 12.8 Å². The van der Waals surface area contributed by atoms with Gasteiger partial charge in [0.1, 0.15) is 0 Å². The predicted molar refractivity (Wildman–Crippen MR) is 188 cm³/mol. The summed E-state index contributed by atoms with van der Waals surface area (Å²) in [6, 6.07) is 0. The number of aliphatic carboxylic acids is 2. The smallest absolute Gasteiger partial charge is 1.00 e. The maximum absolute atomic E-state index is 11.1. The molecule has 6 nitrogen and oxygen atoms in total. The average molecular weight is 659 g/mol. The first kappa shape index (κ1) is 44.0. The van der Waals surface area contributed by atoms with Gasteiger partial charge in [0.25, 0.3) is 0 Å². The fraction of sp³-hybridized carbons (Fsp3) is 0.947. The van der Waals surface area contributed by atoms with Crippen LogP contribution in [0, 0.1) is 46.3 Å². The van der Waals surface area contributed by atoms with E-state index in [1.165, 1.54) is 103 Å². The summed E-state index contributed by atoms with van der Waals surface area (Å²) < 4.78 is 0. The Hall–Kier alpha value is -0.0101. The molecule has 0 heterocycles. The third kappa shape index (κ3) is 14.1. The zero-order chi connectivity index (χ0) is 32.0. The van der Waals surface area contributed by atoms with Crippen molar-refractivity contribution in [3.05, 3.63) is 0 Å². The molecule has 0 spiro atoms. The van der Waals surface area contributed by atoms with Crippen LogP contribution in [0.1, 0.15) is 169 Å². The number of hydrogen-bond acceptors (Lipinski definition) is 4. The molecular formula is C38H72AlLiO6. The third-order valence-electron chi connectivity index (χ3n) is 13.0. The molecule has 0 aromatic carbocycles. The van der Waals surface area contributed by atoms with Gasteiger partial charge in [0.15, 0.2) is 17.4 Å². The zero-order valence-corrected chi connectivity index (χ0v) is 29.5. The molecule has 0 aliphatic heterocycles. The van der Waals surface area contributed by atoms with Crippen LogP contribution in [0.25, 0.3) is 0 Å². The molecular weight excluding hydrogens is 586 g/mol. The molecule has 4 aliphatic carbocycles. The molecule has 4 rings (SSSR count). The van der Waals surface area contributed by atoms with Gasteiger partial charge in [-0.05, 0) is 136 Å². The van der Waals surface area contributed by atoms with E-state index in [0.29, 0.717) is 5.92 Å². The van der Waals surface area contributed by atoms with Crippen LogP contribution in [0.5, 0.6) is 0 Å². The summed E-state index contributed by atoms with van der Waals surface area (Å²) in [5, 5.41) is 36.9. The van der Waals surface area contributed by atoms with E-state index in [4.69, 9.17) is 10.2 Å². The topological polar surface area (TPSA) is 115 Å². The summed E-state index contributed by atoms with van der Waals surface area (Å²) in [6.45, 7) is 5.15.